The summed E-state index contributed by atoms with van der Waals surface area (Å²) in [6.45, 7) is 7.43. The van der Waals surface area contributed by atoms with Crippen LogP contribution < -0.4 is 5.32 Å². The van der Waals surface area contributed by atoms with Crippen molar-refractivity contribution in [1.29, 1.82) is 0 Å². The van der Waals surface area contributed by atoms with Gasteiger partial charge in [0.05, 0.1) is 5.04 Å². The van der Waals surface area contributed by atoms with Crippen LogP contribution in [-0.2, 0) is 0 Å². The standard InChI is InChI=1S/C8H14N2S.C2H6/c1-3-9-4-2-7(1)8-10-5-6-11-8;1-2/h7,9H,1-6H2;1-2H3. The first kappa shape index (κ1) is 11.1. The van der Waals surface area contributed by atoms with Gasteiger partial charge in [-0.3, -0.25) is 4.99 Å². The molecule has 2 aliphatic heterocycles. The molecule has 0 aromatic carbocycles. The quantitative estimate of drug-likeness (QED) is 0.701. The minimum atomic E-state index is 0.795. The Morgan fingerprint density at radius 3 is 2.54 bits per heavy atom. The van der Waals surface area contributed by atoms with Gasteiger partial charge in [-0.25, -0.2) is 0 Å². The summed E-state index contributed by atoms with van der Waals surface area (Å²) < 4.78 is 0. The molecule has 76 valence electrons. The molecule has 0 atom stereocenters. The Morgan fingerprint density at radius 1 is 1.31 bits per heavy atom. The largest absolute Gasteiger partial charge is 0.317 e. The normalized spacial score (nSPS) is 23.4. The lowest BCUT2D eigenvalue weighted by Gasteiger charge is -2.21. The topological polar surface area (TPSA) is 24.4 Å². The van der Waals surface area contributed by atoms with Crippen LogP contribution in [0.3, 0.4) is 0 Å². The fourth-order valence-electron chi connectivity index (χ4n) is 1.67. The third kappa shape index (κ3) is 3.31. The van der Waals surface area contributed by atoms with Crippen molar-refractivity contribution in [1.82, 2.24) is 5.32 Å². The van der Waals surface area contributed by atoms with Gasteiger partial charge in [0.15, 0.2) is 0 Å². The van der Waals surface area contributed by atoms with Gasteiger partial charge in [-0.1, -0.05) is 13.8 Å². The number of hydrogen-bond acceptors (Lipinski definition) is 3. The Bertz CT molecular complexity index is 162. The SMILES string of the molecule is C1CSC(C2CCNCC2)=N1.CC. The van der Waals surface area contributed by atoms with Gasteiger partial charge in [0.25, 0.3) is 0 Å². The molecule has 2 rings (SSSR count). The molecule has 3 heteroatoms. The van der Waals surface area contributed by atoms with Crippen LogP contribution in [0, 0.1) is 5.92 Å². The lowest BCUT2D eigenvalue weighted by atomic mass is 9.99. The van der Waals surface area contributed by atoms with E-state index in [0.29, 0.717) is 0 Å². The van der Waals surface area contributed by atoms with E-state index in [2.05, 4.69) is 10.3 Å². The highest BCUT2D eigenvalue weighted by Crippen LogP contribution is 2.24. The van der Waals surface area contributed by atoms with Crippen molar-refractivity contribution in [3.63, 3.8) is 0 Å². The second-order valence-electron chi connectivity index (χ2n) is 3.09. The first-order chi connectivity index (χ1) is 6.47. The smallest absolute Gasteiger partial charge is 0.0708 e. The van der Waals surface area contributed by atoms with Crippen molar-refractivity contribution >= 4 is 16.8 Å². The van der Waals surface area contributed by atoms with E-state index in [1.807, 2.05) is 25.6 Å². The molecule has 0 saturated carbocycles. The number of piperidine rings is 1. The molecule has 13 heavy (non-hydrogen) atoms. The lowest BCUT2D eigenvalue weighted by Crippen LogP contribution is -2.30. The molecule has 0 unspecified atom stereocenters. The molecule has 0 spiro atoms. The highest BCUT2D eigenvalue weighted by Gasteiger charge is 2.21. The zero-order valence-electron chi connectivity index (χ0n) is 8.68. The maximum Gasteiger partial charge on any atom is 0.0708 e. The molecule has 1 fully saturated rings. The number of nitrogens with one attached hydrogen (secondary N) is 1. The fraction of sp³-hybridized carbons (Fsp3) is 0.900. The fourth-order valence-corrected chi connectivity index (χ4v) is 2.71. The van der Waals surface area contributed by atoms with Crippen LogP contribution in [0.5, 0.6) is 0 Å². The third-order valence-corrected chi connectivity index (χ3v) is 3.44. The Morgan fingerprint density at radius 2 is 2.00 bits per heavy atom. The highest BCUT2D eigenvalue weighted by molar-refractivity contribution is 8.14. The summed E-state index contributed by atoms with van der Waals surface area (Å²) in [7, 11) is 0. The number of rotatable bonds is 1. The Balaban J connectivity index is 0.000000396. The third-order valence-electron chi connectivity index (χ3n) is 2.30. The summed E-state index contributed by atoms with van der Waals surface area (Å²) in [6.07, 6.45) is 2.59. The number of thioether (sulfide) groups is 1. The molecule has 1 N–H and O–H groups in total. The van der Waals surface area contributed by atoms with Crippen LogP contribution in [0.15, 0.2) is 4.99 Å². The van der Waals surface area contributed by atoms with Crippen molar-refractivity contribution in [2.75, 3.05) is 25.4 Å². The van der Waals surface area contributed by atoms with Crippen molar-refractivity contribution < 1.29 is 0 Å². The van der Waals surface area contributed by atoms with Crippen molar-refractivity contribution in [2.45, 2.75) is 26.7 Å². The molecule has 2 nitrogen and oxygen atoms in total. The predicted octanol–water partition coefficient (Wildman–Crippen LogP) is 2.16. The van der Waals surface area contributed by atoms with Crippen LogP contribution in [-0.4, -0.2) is 30.4 Å². The molecule has 0 aromatic heterocycles. The van der Waals surface area contributed by atoms with Crippen molar-refractivity contribution in [2.24, 2.45) is 10.9 Å². The molecule has 2 aliphatic rings. The van der Waals surface area contributed by atoms with Gasteiger partial charge in [-0.2, -0.15) is 0 Å². The molecule has 2 heterocycles. The minimum Gasteiger partial charge on any atom is -0.317 e. The average molecular weight is 200 g/mol. The summed E-state index contributed by atoms with van der Waals surface area (Å²) >= 11 is 1.97. The molecule has 0 radical (unpaired) electrons. The van der Waals surface area contributed by atoms with Crippen LogP contribution in [0.25, 0.3) is 0 Å². The van der Waals surface area contributed by atoms with Gasteiger partial charge in [-0.05, 0) is 25.9 Å². The second kappa shape index (κ2) is 6.44. The van der Waals surface area contributed by atoms with E-state index < -0.39 is 0 Å². The average Bonchev–Trinajstić information content (AvgIpc) is 2.75. The van der Waals surface area contributed by atoms with E-state index in [1.54, 1.807) is 0 Å². The van der Waals surface area contributed by atoms with E-state index in [4.69, 9.17) is 0 Å². The summed E-state index contributed by atoms with van der Waals surface area (Å²) in [5.41, 5.74) is 0. The van der Waals surface area contributed by atoms with Gasteiger partial charge in [0.2, 0.25) is 0 Å². The monoisotopic (exact) mass is 200 g/mol. The number of aliphatic imine (C=N–C) groups is 1. The first-order valence-corrected chi connectivity index (χ1v) is 6.33. The lowest BCUT2D eigenvalue weighted by molar-refractivity contribution is 0.460. The zero-order chi connectivity index (χ0) is 9.52. The van der Waals surface area contributed by atoms with E-state index in [0.717, 1.165) is 12.5 Å². The van der Waals surface area contributed by atoms with Crippen LogP contribution >= 0.6 is 11.8 Å². The Labute approximate surface area is 85.6 Å². The van der Waals surface area contributed by atoms with Gasteiger partial charge in [0.1, 0.15) is 0 Å². The highest BCUT2D eigenvalue weighted by atomic mass is 32.2. The summed E-state index contributed by atoms with van der Waals surface area (Å²) in [6, 6.07) is 0. The molecular weight excluding hydrogens is 180 g/mol. The maximum absolute atomic E-state index is 4.51. The van der Waals surface area contributed by atoms with Crippen LogP contribution in [0.4, 0.5) is 0 Å². The molecule has 0 amide bonds. The van der Waals surface area contributed by atoms with Crippen LogP contribution in [0.1, 0.15) is 26.7 Å². The van der Waals surface area contributed by atoms with E-state index in [9.17, 15) is 0 Å². The van der Waals surface area contributed by atoms with Gasteiger partial charge >= 0.3 is 0 Å². The Hall–Kier alpha value is -0.0200. The van der Waals surface area contributed by atoms with E-state index in [-0.39, 0.29) is 0 Å². The van der Waals surface area contributed by atoms with Gasteiger partial charge in [-0.15, -0.1) is 11.8 Å². The Kier molecular flexibility index (Phi) is 5.47. The van der Waals surface area contributed by atoms with E-state index in [1.165, 1.54) is 36.7 Å². The molecule has 1 saturated heterocycles. The first-order valence-electron chi connectivity index (χ1n) is 5.34. The molecule has 0 bridgehead atoms. The zero-order valence-corrected chi connectivity index (χ0v) is 9.49. The van der Waals surface area contributed by atoms with Crippen LogP contribution in [0.2, 0.25) is 0 Å². The molecule has 0 aromatic rings. The summed E-state index contributed by atoms with van der Waals surface area (Å²) in [4.78, 5) is 4.51. The molecule has 0 aliphatic carbocycles. The predicted molar refractivity (Wildman–Crippen MR) is 61.7 cm³/mol. The minimum absolute atomic E-state index is 0.795. The second-order valence-corrected chi connectivity index (χ2v) is 4.21. The van der Waals surface area contributed by atoms with Crippen molar-refractivity contribution in [3.8, 4) is 0 Å². The number of nitrogens with zero attached hydrogens (tertiary/aromatic N) is 1. The number of hydrogen-bond donors (Lipinski definition) is 1. The maximum atomic E-state index is 4.51. The van der Waals surface area contributed by atoms with Gasteiger partial charge < -0.3 is 5.32 Å². The van der Waals surface area contributed by atoms with Crippen molar-refractivity contribution in [3.05, 3.63) is 0 Å². The van der Waals surface area contributed by atoms with Gasteiger partial charge in [0, 0.05) is 18.2 Å². The summed E-state index contributed by atoms with van der Waals surface area (Å²) in [5.74, 6) is 2.02. The van der Waals surface area contributed by atoms with E-state index >= 15 is 0 Å². The summed E-state index contributed by atoms with van der Waals surface area (Å²) in [5, 5.41) is 4.81. The molecular formula is C10H20N2S.